The normalized spacial score (nSPS) is 17.9. The van der Waals surface area contributed by atoms with E-state index in [2.05, 4.69) is 11.8 Å². The highest BCUT2D eigenvalue weighted by Crippen LogP contribution is 2.38. The first-order valence-electron chi connectivity index (χ1n) is 9.90. The maximum absolute atomic E-state index is 12.7. The van der Waals surface area contributed by atoms with Crippen molar-refractivity contribution in [3.8, 4) is 17.6 Å². The van der Waals surface area contributed by atoms with Gasteiger partial charge in [0.15, 0.2) is 0 Å². The molecular weight excluding hydrogens is 372 g/mol. The van der Waals surface area contributed by atoms with Gasteiger partial charge in [0, 0.05) is 17.1 Å². The summed E-state index contributed by atoms with van der Waals surface area (Å²) >= 11 is 0. The molecule has 0 amide bonds. The molecule has 1 aliphatic rings. The third kappa shape index (κ3) is 4.45. The van der Waals surface area contributed by atoms with Gasteiger partial charge in [-0.1, -0.05) is 72.5 Å². The van der Waals surface area contributed by atoms with E-state index in [4.69, 9.17) is 9.47 Å². The van der Waals surface area contributed by atoms with E-state index in [1.54, 1.807) is 7.11 Å². The van der Waals surface area contributed by atoms with E-state index in [-0.39, 0.29) is 17.8 Å². The van der Waals surface area contributed by atoms with Crippen LogP contribution >= 0.6 is 0 Å². The number of hydrogen-bond acceptors (Lipinski definition) is 3. The molecule has 0 saturated heterocycles. The van der Waals surface area contributed by atoms with Crippen LogP contribution in [-0.4, -0.2) is 13.1 Å². The van der Waals surface area contributed by atoms with Crippen molar-refractivity contribution >= 4 is 5.97 Å². The summed E-state index contributed by atoms with van der Waals surface area (Å²) in [6.07, 6.45) is 2.11. The van der Waals surface area contributed by atoms with Crippen molar-refractivity contribution in [2.75, 3.05) is 7.11 Å². The number of allylic oxidation sites excluding steroid dienone is 1. The lowest BCUT2D eigenvalue weighted by atomic mass is 9.77. The number of hydrogen-bond donors (Lipinski definition) is 0. The Kier molecular flexibility index (Phi) is 5.96. The van der Waals surface area contributed by atoms with Gasteiger partial charge in [-0.3, -0.25) is 4.79 Å². The number of carbonyl (C=O) groups excluding carboxylic acids is 1. The van der Waals surface area contributed by atoms with Gasteiger partial charge in [-0.25, -0.2) is 0 Å². The van der Waals surface area contributed by atoms with Crippen LogP contribution in [0.4, 0.5) is 0 Å². The molecule has 0 N–H and O–H groups in total. The van der Waals surface area contributed by atoms with Gasteiger partial charge in [-0.15, -0.1) is 0 Å². The van der Waals surface area contributed by atoms with Gasteiger partial charge in [0.2, 0.25) is 0 Å². The minimum Gasteiger partial charge on any atom is -0.497 e. The van der Waals surface area contributed by atoms with Gasteiger partial charge in [-0.05, 0) is 41.8 Å². The highest BCUT2D eigenvalue weighted by Gasteiger charge is 2.36. The Morgan fingerprint density at radius 1 is 0.867 bits per heavy atom. The van der Waals surface area contributed by atoms with E-state index >= 15 is 0 Å². The number of cyclic esters (lactones) is 1. The van der Waals surface area contributed by atoms with E-state index in [0.29, 0.717) is 6.42 Å². The Morgan fingerprint density at radius 3 is 2.20 bits per heavy atom. The Hall–Kier alpha value is -3.77. The van der Waals surface area contributed by atoms with Crippen molar-refractivity contribution < 1.29 is 14.3 Å². The highest BCUT2D eigenvalue weighted by atomic mass is 16.5. The van der Waals surface area contributed by atoms with Crippen molar-refractivity contribution in [1.29, 1.82) is 0 Å². The van der Waals surface area contributed by atoms with Crippen LogP contribution in [0.5, 0.6) is 5.75 Å². The first-order valence-corrected chi connectivity index (χ1v) is 9.90. The van der Waals surface area contributed by atoms with Crippen LogP contribution in [0.3, 0.4) is 0 Å². The Balaban J connectivity index is 1.69. The summed E-state index contributed by atoms with van der Waals surface area (Å²) in [5, 5.41) is 0. The summed E-state index contributed by atoms with van der Waals surface area (Å²) in [7, 11) is 1.64. The van der Waals surface area contributed by atoms with Crippen LogP contribution in [0, 0.1) is 17.8 Å². The predicted octanol–water partition coefficient (Wildman–Crippen LogP) is 5.13. The molecule has 0 radical (unpaired) electrons. The van der Waals surface area contributed by atoms with E-state index in [9.17, 15) is 4.79 Å². The largest absolute Gasteiger partial charge is 0.497 e. The number of rotatable bonds is 4. The molecular formula is C27H22O3. The van der Waals surface area contributed by atoms with Gasteiger partial charge in [-0.2, -0.15) is 0 Å². The molecule has 0 aliphatic carbocycles. The topological polar surface area (TPSA) is 35.5 Å². The molecule has 3 heteroatoms. The average molecular weight is 394 g/mol. The average Bonchev–Trinajstić information content (AvgIpc) is 2.81. The van der Waals surface area contributed by atoms with Crippen LogP contribution < -0.4 is 4.74 Å². The smallest absolute Gasteiger partial charge is 0.315 e. The molecule has 0 bridgehead atoms. The fourth-order valence-corrected chi connectivity index (χ4v) is 3.70. The Morgan fingerprint density at radius 2 is 1.53 bits per heavy atom. The molecule has 0 saturated carbocycles. The monoisotopic (exact) mass is 394 g/mol. The highest BCUT2D eigenvalue weighted by molar-refractivity contribution is 5.78. The number of esters is 1. The third-order valence-corrected chi connectivity index (χ3v) is 5.24. The molecule has 3 nitrogen and oxygen atoms in total. The molecule has 3 aromatic carbocycles. The summed E-state index contributed by atoms with van der Waals surface area (Å²) in [6.45, 7) is 0. The lowest BCUT2D eigenvalue weighted by Crippen LogP contribution is -2.30. The summed E-state index contributed by atoms with van der Waals surface area (Å²) in [6, 6.07) is 27.7. The van der Waals surface area contributed by atoms with E-state index in [1.807, 2.05) is 84.9 Å². The molecule has 1 heterocycles. The summed E-state index contributed by atoms with van der Waals surface area (Å²) < 4.78 is 10.6. The van der Waals surface area contributed by atoms with Crippen molar-refractivity contribution in [2.24, 2.45) is 5.92 Å². The first-order chi connectivity index (χ1) is 14.7. The SMILES string of the molecule is COc1ccc(C#CC2=COC(=O)[C@@H](Cc3ccccc3)[C@@H]2c2ccccc2)cc1. The molecule has 0 aromatic heterocycles. The second kappa shape index (κ2) is 9.15. The molecule has 2 atom stereocenters. The maximum atomic E-state index is 12.7. The quantitative estimate of drug-likeness (QED) is 0.455. The summed E-state index contributed by atoms with van der Waals surface area (Å²) in [4.78, 5) is 12.7. The van der Waals surface area contributed by atoms with E-state index in [1.165, 1.54) is 6.26 Å². The second-order valence-electron chi connectivity index (χ2n) is 7.17. The van der Waals surface area contributed by atoms with Gasteiger partial charge in [0.1, 0.15) is 12.0 Å². The molecule has 1 aliphatic heterocycles. The van der Waals surface area contributed by atoms with Crippen LogP contribution in [0.1, 0.15) is 22.6 Å². The lowest BCUT2D eigenvalue weighted by Gasteiger charge is -2.29. The summed E-state index contributed by atoms with van der Waals surface area (Å²) in [5.74, 6) is 6.53. The van der Waals surface area contributed by atoms with E-state index in [0.717, 1.165) is 28.0 Å². The van der Waals surface area contributed by atoms with Crippen LogP contribution in [0.2, 0.25) is 0 Å². The zero-order valence-electron chi connectivity index (χ0n) is 16.7. The van der Waals surface area contributed by atoms with Crippen LogP contribution in [0.25, 0.3) is 0 Å². The second-order valence-corrected chi connectivity index (χ2v) is 7.17. The fraction of sp³-hybridized carbons (Fsp3) is 0.148. The zero-order valence-corrected chi connectivity index (χ0v) is 16.7. The molecule has 30 heavy (non-hydrogen) atoms. The Labute approximate surface area is 177 Å². The van der Waals surface area contributed by atoms with E-state index < -0.39 is 0 Å². The van der Waals surface area contributed by atoms with Crippen LogP contribution in [-0.2, 0) is 16.0 Å². The number of ether oxygens (including phenoxy) is 2. The first kappa shape index (κ1) is 19.5. The molecule has 0 spiro atoms. The number of benzene rings is 3. The van der Waals surface area contributed by atoms with Crippen LogP contribution in [0.15, 0.2) is 96.8 Å². The number of methoxy groups -OCH3 is 1. The zero-order chi connectivity index (χ0) is 20.8. The molecule has 0 fully saturated rings. The minimum atomic E-state index is -0.333. The van der Waals surface area contributed by atoms with Gasteiger partial charge < -0.3 is 9.47 Å². The fourth-order valence-electron chi connectivity index (χ4n) is 3.70. The van der Waals surface area contributed by atoms with Crippen molar-refractivity contribution in [3.05, 3.63) is 113 Å². The van der Waals surface area contributed by atoms with Crippen molar-refractivity contribution in [1.82, 2.24) is 0 Å². The van der Waals surface area contributed by atoms with Gasteiger partial charge in [0.25, 0.3) is 0 Å². The molecule has 148 valence electrons. The van der Waals surface area contributed by atoms with Gasteiger partial charge in [0.05, 0.1) is 13.0 Å². The summed E-state index contributed by atoms with van der Waals surface area (Å²) in [5.41, 5.74) is 3.84. The maximum Gasteiger partial charge on any atom is 0.315 e. The molecule has 3 aromatic rings. The standard InChI is InChI=1S/C27H22O3/c1-29-24-16-13-20(14-17-24)12-15-23-19-30-27(28)25(18-21-8-4-2-5-9-21)26(23)22-10-6-3-7-11-22/h2-11,13-14,16-17,19,25-26H,18H2,1H3/t25-,26+/m0/s1. The minimum absolute atomic E-state index is 0.154. The van der Waals surface area contributed by atoms with Gasteiger partial charge >= 0.3 is 5.97 Å². The molecule has 4 rings (SSSR count). The molecule has 0 unspecified atom stereocenters. The number of carbonyl (C=O) groups is 1. The van der Waals surface area contributed by atoms with Crippen molar-refractivity contribution in [2.45, 2.75) is 12.3 Å². The third-order valence-electron chi connectivity index (χ3n) is 5.24. The predicted molar refractivity (Wildman–Crippen MR) is 117 cm³/mol. The Bertz CT molecular complexity index is 1090. The van der Waals surface area contributed by atoms with Crippen molar-refractivity contribution in [3.63, 3.8) is 0 Å². The lowest BCUT2D eigenvalue weighted by molar-refractivity contribution is -0.144.